The number of hydrogen-bond donors (Lipinski definition) is 1. The smallest absolute Gasteiger partial charge is 0.309 e. The van der Waals surface area contributed by atoms with Crippen LogP contribution in [0.2, 0.25) is 0 Å². The summed E-state index contributed by atoms with van der Waals surface area (Å²) in [6.45, 7) is 21.3. The molecule has 7 nitrogen and oxygen atoms in total. The minimum Gasteiger partial charge on any atom is -0.481 e. The summed E-state index contributed by atoms with van der Waals surface area (Å²) in [6.07, 6.45) is 11.1. The van der Waals surface area contributed by atoms with E-state index in [2.05, 4.69) is 53.4 Å². The van der Waals surface area contributed by atoms with Gasteiger partial charge in [0.25, 0.3) is 0 Å². The van der Waals surface area contributed by atoms with Crippen molar-refractivity contribution in [1.82, 2.24) is 4.90 Å². The maximum absolute atomic E-state index is 14.6. The molecule has 7 heteroatoms. The number of hydrogen-bond acceptors (Lipinski definition) is 5. The van der Waals surface area contributed by atoms with E-state index in [1.165, 1.54) is 12.0 Å². The van der Waals surface area contributed by atoms with Crippen LogP contribution in [-0.2, 0) is 23.9 Å². The number of nitrogens with zero attached hydrogens (tertiary/aromatic N) is 1. The predicted molar refractivity (Wildman–Crippen MR) is 186 cm³/mol. The lowest BCUT2D eigenvalue weighted by Crippen LogP contribution is -2.66. The highest BCUT2D eigenvalue weighted by Crippen LogP contribution is 2.77. The van der Waals surface area contributed by atoms with Gasteiger partial charge in [0.15, 0.2) is 5.78 Å². The molecule has 4 saturated carbocycles. The first-order valence-electron chi connectivity index (χ1n) is 19.3. The summed E-state index contributed by atoms with van der Waals surface area (Å²) in [5.41, 5.74) is 0.318. The van der Waals surface area contributed by atoms with Crippen molar-refractivity contribution in [1.29, 1.82) is 0 Å². The maximum Gasteiger partial charge on any atom is 0.309 e. The minimum atomic E-state index is -1.16. The molecule has 5 aliphatic carbocycles. The molecule has 6 aliphatic rings. The lowest BCUT2D eigenvalue weighted by Gasteiger charge is -2.72. The van der Waals surface area contributed by atoms with Crippen molar-refractivity contribution < 1.29 is 29.0 Å². The van der Waals surface area contributed by atoms with Gasteiger partial charge in [-0.2, -0.15) is 0 Å². The van der Waals surface area contributed by atoms with Crippen LogP contribution in [0, 0.1) is 56.2 Å². The van der Waals surface area contributed by atoms with Gasteiger partial charge in [0.1, 0.15) is 6.10 Å². The monoisotopic (exact) mass is 665 g/mol. The molecule has 48 heavy (non-hydrogen) atoms. The fraction of sp³-hybridized carbons (Fsp3) is 0.854. The molecule has 5 fully saturated rings. The fourth-order valence-electron chi connectivity index (χ4n) is 13.1. The molecular weight excluding hydrogens is 602 g/mol. The quantitative estimate of drug-likeness (QED) is 0.286. The van der Waals surface area contributed by atoms with Gasteiger partial charge in [-0.05, 0) is 136 Å². The first-order chi connectivity index (χ1) is 22.3. The number of carboxylic acid groups (broad SMARTS) is 1. The average molecular weight is 666 g/mol. The molecule has 1 aliphatic heterocycles. The highest BCUT2D eigenvalue weighted by Gasteiger charge is 2.71. The van der Waals surface area contributed by atoms with E-state index in [0.717, 1.165) is 82.9 Å². The Hall–Kier alpha value is -2.18. The van der Waals surface area contributed by atoms with Crippen molar-refractivity contribution in [2.24, 2.45) is 56.2 Å². The summed E-state index contributed by atoms with van der Waals surface area (Å²) < 4.78 is 6.15. The molecule has 8 atom stereocenters. The second kappa shape index (κ2) is 11.7. The molecule has 0 aromatic carbocycles. The van der Waals surface area contributed by atoms with Crippen molar-refractivity contribution >= 4 is 23.6 Å². The maximum atomic E-state index is 14.6. The zero-order chi connectivity index (χ0) is 35.2. The highest BCUT2D eigenvalue weighted by atomic mass is 16.5. The van der Waals surface area contributed by atoms with E-state index in [9.17, 15) is 24.3 Å². The van der Waals surface area contributed by atoms with Crippen LogP contribution in [0.4, 0.5) is 0 Å². The second-order valence-corrected chi connectivity index (χ2v) is 19.3. The molecule has 0 aromatic heterocycles. The molecule has 0 spiro atoms. The molecule has 1 saturated heterocycles. The molecule has 1 amide bonds. The number of allylic oxidation sites excluding steroid dienone is 1. The van der Waals surface area contributed by atoms with E-state index < -0.39 is 22.8 Å². The van der Waals surface area contributed by atoms with Crippen molar-refractivity contribution in [3.8, 4) is 0 Å². The summed E-state index contributed by atoms with van der Waals surface area (Å²) >= 11 is 0. The lowest BCUT2D eigenvalue weighted by atomic mass is 9.33. The number of amides is 1. The summed E-state index contributed by atoms with van der Waals surface area (Å²) in [5.74, 6) is 0.299. The summed E-state index contributed by atoms with van der Waals surface area (Å²) in [7, 11) is 0. The molecule has 0 radical (unpaired) electrons. The number of carboxylic acids is 1. The number of likely N-dealkylation sites (tertiary alicyclic amines) is 1. The summed E-state index contributed by atoms with van der Waals surface area (Å²) in [4.78, 5) is 55.4. The lowest BCUT2D eigenvalue weighted by molar-refractivity contribution is -0.233. The molecule has 0 aromatic rings. The predicted octanol–water partition coefficient (Wildman–Crippen LogP) is 8.39. The number of rotatable bonds is 6. The second-order valence-electron chi connectivity index (χ2n) is 19.3. The largest absolute Gasteiger partial charge is 0.481 e. The number of carbonyl (C=O) groups is 4. The molecule has 268 valence electrons. The van der Waals surface area contributed by atoms with Gasteiger partial charge in [0.05, 0.1) is 17.3 Å². The number of carbonyl (C=O) groups excluding carboxylic acids is 3. The zero-order valence-electron chi connectivity index (χ0n) is 31.4. The number of aliphatic carboxylic acids is 1. The number of piperidine rings is 1. The topological polar surface area (TPSA) is 101 Å². The van der Waals surface area contributed by atoms with Crippen LogP contribution >= 0.6 is 0 Å². The highest BCUT2D eigenvalue weighted by molar-refractivity contribution is 6.07. The number of Topliss-reactive ketones (excluding diaryl/α,β-unsaturated/α-hetero) is 1. The van der Waals surface area contributed by atoms with E-state index >= 15 is 0 Å². The van der Waals surface area contributed by atoms with Gasteiger partial charge in [-0.3, -0.25) is 19.2 Å². The Balaban J connectivity index is 1.31. The van der Waals surface area contributed by atoms with Crippen molar-refractivity contribution in [2.45, 2.75) is 152 Å². The van der Waals surface area contributed by atoms with Crippen LogP contribution in [0.25, 0.3) is 0 Å². The van der Waals surface area contributed by atoms with Gasteiger partial charge in [-0.25, -0.2) is 0 Å². The third-order valence-electron chi connectivity index (χ3n) is 15.9. The molecule has 3 unspecified atom stereocenters. The normalized spacial score (nSPS) is 40.9. The molecule has 0 bridgehead atoms. The first kappa shape index (κ1) is 35.6. The van der Waals surface area contributed by atoms with Crippen LogP contribution in [-0.4, -0.2) is 52.8 Å². The standard InChI is InChI=1S/C41H63NO6/c1-25(2)32-27(43)23-41(34(45)42-21-11-10-12-22-42)20-19-39(8)26(33(32)41)13-14-29-38(7)17-16-30(48-31(44)24-36(3,4)35(46)47)37(5,6)28(38)15-18-40(29,39)9/h25-26,28-30H,10-24H2,1-9H3,(H,46,47)/t26?,28?,29?,30-,38-,39+,40+,41+/m0/s1. The Morgan fingerprint density at radius 2 is 1.54 bits per heavy atom. The third kappa shape index (κ3) is 5.00. The average Bonchev–Trinajstić information content (AvgIpc) is 3.32. The van der Waals surface area contributed by atoms with Gasteiger partial charge in [-0.15, -0.1) is 0 Å². The first-order valence-corrected chi connectivity index (χ1v) is 19.3. The van der Waals surface area contributed by atoms with Crippen LogP contribution in [0.5, 0.6) is 0 Å². The molecular formula is C41H63NO6. The number of fused-ring (bicyclic) bond motifs is 7. The number of ether oxygens (including phenoxy) is 1. The summed E-state index contributed by atoms with van der Waals surface area (Å²) in [6, 6.07) is 0. The Labute approximate surface area is 289 Å². The van der Waals surface area contributed by atoms with E-state index in [0.29, 0.717) is 18.3 Å². The van der Waals surface area contributed by atoms with E-state index in [1.54, 1.807) is 13.8 Å². The Bertz CT molecular complexity index is 1400. The van der Waals surface area contributed by atoms with Crippen LogP contribution < -0.4 is 0 Å². The van der Waals surface area contributed by atoms with Gasteiger partial charge >= 0.3 is 11.9 Å². The van der Waals surface area contributed by atoms with E-state index in [1.807, 2.05) is 0 Å². The van der Waals surface area contributed by atoms with Crippen LogP contribution in [0.15, 0.2) is 11.1 Å². The zero-order valence-corrected chi connectivity index (χ0v) is 31.4. The van der Waals surface area contributed by atoms with Crippen LogP contribution in [0.1, 0.15) is 146 Å². The SMILES string of the molecule is CC(C)C1=C2C3CCC4[C@@]5(C)CC[C@H](OC(=O)CC(C)(C)C(=O)O)C(C)(C)C5CC[C@@]4(C)[C@]3(C)CC[C@@]2(C(=O)N2CCCCC2)CC1=O. The molecule has 1 heterocycles. The van der Waals surface area contributed by atoms with Crippen molar-refractivity contribution in [2.75, 3.05) is 13.1 Å². The van der Waals surface area contributed by atoms with Gasteiger partial charge in [0, 0.05) is 24.9 Å². The van der Waals surface area contributed by atoms with E-state index in [-0.39, 0.29) is 57.7 Å². The van der Waals surface area contributed by atoms with Crippen LogP contribution in [0.3, 0.4) is 0 Å². The summed E-state index contributed by atoms with van der Waals surface area (Å²) in [5, 5.41) is 9.58. The van der Waals surface area contributed by atoms with E-state index in [4.69, 9.17) is 4.74 Å². The molecule has 6 rings (SSSR count). The number of esters is 1. The van der Waals surface area contributed by atoms with Crippen molar-refractivity contribution in [3.63, 3.8) is 0 Å². The van der Waals surface area contributed by atoms with Crippen molar-refractivity contribution in [3.05, 3.63) is 11.1 Å². The van der Waals surface area contributed by atoms with Gasteiger partial charge in [0.2, 0.25) is 5.91 Å². The van der Waals surface area contributed by atoms with Gasteiger partial charge in [-0.1, -0.05) is 48.5 Å². The Morgan fingerprint density at radius 3 is 2.17 bits per heavy atom. The third-order valence-corrected chi connectivity index (χ3v) is 15.9. The number of ketones is 1. The Kier molecular flexibility index (Phi) is 8.68. The Morgan fingerprint density at radius 1 is 0.875 bits per heavy atom. The fourth-order valence-corrected chi connectivity index (χ4v) is 13.1. The molecule has 1 N–H and O–H groups in total. The minimum absolute atomic E-state index is 0.00839. The van der Waals surface area contributed by atoms with Gasteiger partial charge < -0.3 is 14.7 Å².